The van der Waals surface area contributed by atoms with Crippen molar-refractivity contribution in [3.63, 3.8) is 0 Å². The fraction of sp³-hybridized carbons (Fsp3) is 0.842. The number of aliphatic hydroxyl groups is 2. The standard InChI is InChI=1S/C19H32O4/c1-10(2)18(9-20)16-6-11(3)5-15-14(12(4)19(22)23)7-13(21)8-17(15)16/h5,10,12-18,20-21H,6-9H2,1-4H3,(H,22,23)/t12-,13-,14-,15+,16+,17-,18+/m0/s1. The van der Waals surface area contributed by atoms with Crippen molar-refractivity contribution < 1.29 is 20.1 Å². The number of rotatable bonds is 5. The molecule has 1 saturated carbocycles. The van der Waals surface area contributed by atoms with Crippen LogP contribution in [0, 0.1) is 41.4 Å². The lowest BCUT2D eigenvalue weighted by Gasteiger charge is -2.49. The summed E-state index contributed by atoms with van der Waals surface area (Å²) in [6.07, 6.45) is 4.07. The van der Waals surface area contributed by atoms with Crippen molar-refractivity contribution in [1.29, 1.82) is 0 Å². The molecule has 0 unspecified atom stereocenters. The van der Waals surface area contributed by atoms with E-state index in [1.54, 1.807) is 6.92 Å². The molecule has 1 fully saturated rings. The van der Waals surface area contributed by atoms with Gasteiger partial charge in [0.15, 0.2) is 0 Å². The SMILES string of the molecule is CC1=C[C@@H]2[C@H]([C@H](C)C(=O)O)C[C@H](O)C[C@@H]2[C@H]([C@H](CO)C(C)C)C1. The molecule has 0 bridgehead atoms. The van der Waals surface area contributed by atoms with Crippen molar-refractivity contribution in [2.24, 2.45) is 41.4 Å². The molecule has 0 amide bonds. The van der Waals surface area contributed by atoms with E-state index in [-0.39, 0.29) is 30.3 Å². The summed E-state index contributed by atoms with van der Waals surface area (Å²) in [5.41, 5.74) is 1.30. The van der Waals surface area contributed by atoms with Gasteiger partial charge >= 0.3 is 5.97 Å². The van der Waals surface area contributed by atoms with Crippen LogP contribution in [0.5, 0.6) is 0 Å². The number of carboxylic acids is 1. The number of carboxylic acid groups (broad SMARTS) is 1. The smallest absolute Gasteiger partial charge is 0.306 e. The Morgan fingerprint density at radius 2 is 1.91 bits per heavy atom. The first-order valence-electron chi connectivity index (χ1n) is 8.95. The second kappa shape index (κ2) is 7.35. The summed E-state index contributed by atoms with van der Waals surface area (Å²) >= 11 is 0. The molecular weight excluding hydrogens is 292 g/mol. The van der Waals surface area contributed by atoms with Crippen LogP contribution in [0.25, 0.3) is 0 Å². The van der Waals surface area contributed by atoms with Crippen LogP contribution >= 0.6 is 0 Å². The molecule has 0 aliphatic heterocycles. The molecule has 3 N–H and O–H groups in total. The zero-order valence-electron chi connectivity index (χ0n) is 14.8. The molecule has 0 spiro atoms. The van der Waals surface area contributed by atoms with E-state index in [1.807, 2.05) is 0 Å². The van der Waals surface area contributed by atoms with Gasteiger partial charge in [-0.05, 0) is 61.7 Å². The summed E-state index contributed by atoms with van der Waals surface area (Å²) in [6.45, 7) is 8.32. The van der Waals surface area contributed by atoms with Crippen molar-refractivity contribution in [2.45, 2.75) is 53.1 Å². The van der Waals surface area contributed by atoms with Crippen LogP contribution in [0.3, 0.4) is 0 Å². The Morgan fingerprint density at radius 3 is 2.43 bits per heavy atom. The van der Waals surface area contributed by atoms with Gasteiger partial charge in [0.1, 0.15) is 0 Å². The topological polar surface area (TPSA) is 77.8 Å². The number of hydrogen-bond donors (Lipinski definition) is 3. The lowest BCUT2D eigenvalue weighted by Crippen LogP contribution is -2.46. The Labute approximate surface area is 139 Å². The quantitative estimate of drug-likeness (QED) is 0.680. The fourth-order valence-electron chi connectivity index (χ4n) is 5.01. The third kappa shape index (κ3) is 3.80. The number of aliphatic hydroxyl groups excluding tert-OH is 2. The normalized spacial score (nSPS) is 37.0. The fourth-order valence-corrected chi connectivity index (χ4v) is 5.01. The van der Waals surface area contributed by atoms with Gasteiger partial charge in [-0.25, -0.2) is 0 Å². The molecule has 7 atom stereocenters. The maximum absolute atomic E-state index is 11.5. The molecule has 132 valence electrons. The third-order valence-electron chi connectivity index (χ3n) is 6.31. The molecule has 4 heteroatoms. The van der Waals surface area contributed by atoms with Gasteiger partial charge in [0.05, 0.1) is 12.0 Å². The average molecular weight is 324 g/mol. The Morgan fingerprint density at radius 1 is 1.26 bits per heavy atom. The summed E-state index contributed by atoms with van der Waals surface area (Å²) in [6, 6.07) is 0. The van der Waals surface area contributed by atoms with E-state index in [0.29, 0.717) is 18.3 Å². The van der Waals surface area contributed by atoms with Crippen molar-refractivity contribution in [3.8, 4) is 0 Å². The number of allylic oxidation sites excluding steroid dienone is 2. The molecule has 0 heterocycles. The maximum Gasteiger partial charge on any atom is 0.306 e. The van der Waals surface area contributed by atoms with Gasteiger partial charge in [0.25, 0.3) is 0 Å². The monoisotopic (exact) mass is 324 g/mol. The molecule has 23 heavy (non-hydrogen) atoms. The van der Waals surface area contributed by atoms with Crippen LogP contribution in [-0.2, 0) is 4.79 Å². The van der Waals surface area contributed by atoms with Crippen LogP contribution in [0.1, 0.15) is 47.0 Å². The van der Waals surface area contributed by atoms with Crippen LogP contribution in [0.15, 0.2) is 11.6 Å². The minimum Gasteiger partial charge on any atom is -0.481 e. The van der Waals surface area contributed by atoms with E-state index in [2.05, 4.69) is 26.8 Å². The van der Waals surface area contributed by atoms with Crippen LogP contribution in [-0.4, -0.2) is 34.0 Å². The summed E-state index contributed by atoms with van der Waals surface area (Å²) < 4.78 is 0. The minimum atomic E-state index is -0.779. The summed E-state index contributed by atoms with van der Waals surface area (Å²) in [7, 11) is 0. The summed E-state index contributed by atoms with van der Waals surface area (Å²) in [5, 5.41) is 29.7. The Hall–Kier alpha value is -0.870. The molecule has 2 rings (SSSR count). The van der Waals surface area contributed by atoms with Crippen molar-refractivity contribution >= 4 is 5.97 Å². The number of hydrogen-bond acceptors (Lipinski definition) is 3. The molecule has 0 aromatic rings. The second-order valence-corrected chi connectivity index (χ2v) is 8.13. The highest BCUT2D eigenvalue weighted by atomic mass is 16.4. The lowest BCUT2D eigenvalue weighted by molar-refractivity contribution is -0.146. The number of aliphatic carboxylic acids is 1. The predicted octanol–water partition coefficient (Wildman–Crippen LogP) is 2.94. The van der Waals surface area contributed by atoms with E-state index >= 15 is 0 Å². The Kier molecular flexibility index (Phi) is 5.90. The zero-order chi connectivity index (χ0) is 17.3. The maximum atomic E-state index is 11.5. The molecule has 0 aromatic heterocycles. The molecule has 2 aliphatic rings. The summed E-state index contributed by atoms with van der Waals surface area (Å²) in [5.74, 6) is 0.137. The average Bonchev–Trinajstić information content (AvgIpc) is 2.46. The number of fused-ring (bicyclic) bond motifs is 1. The van der Waals surface area contributed by atoms with Gasteiger partial charge in [-0.1, -0.05) is 32.4 Å². The molecule has 4 nitrogen and oxygen atoms in total. The van der Waals surface area contributed by atoms with E-state index in [4.69, 9.17) is 0 Å². The van der Waals surface area contributed by atoms with E-state index < -0.39 is 18.0 Å². The highest BCUT2D eigenvalue weighted by Gasteiger charge is 2.47. The molecule has 0 aromatic carbocycles. The van der Waals surface area contributed by atoms with Gasteiger partial charge in [0, 0.05) is 6.61 Å². The van der Waals surface area contributed by atoms with Gasteiger partial charge in [-0.15, -0.1) is 0 Å². The number of carbonyl (C=O) groups is 1. The van der Waals surface area contributed by atoms with Crippen molar-refractivity contribution in [2.75, 3.05) is 6.61 Å². The summed E-state index contributed by atoms with van der Waals surface area (Å²) in [4.78, 5) is 11.5. The lowest BCUT2D eigenvalue weighted by atomic mass is 9.56. The highest BCUT2D eigenvalue weighted by molar-refractivity contribution is 5.70. The van der Waals surface area contributed by atoms with Crippen LogP contribution in [0.2, 0.25) is 0 Å². The first-order valence-corrected chi connectivity index (χ1v) is 8.95. The van der Waals surface area contributed by atoms with Gasteiger partial charge in [0.2, 0.25) is 0 Å². The van der Waals surface area contributed by atoms with E-state index in [0.717, 1.165) is 12.8 Å². The largest absolute Gasteiger partial charge is 0.481 e. The van der Waals surface area contributed by atoms with Crippen molar-refractivity contribution in [3.05, 3.63) is 11.6 Å². The van der Waals surface area contributed by atoms with Crippen LogP contribution in [0.4, 0.5) is 0 Å². The third-order valence-corrected chi connectivity index (χ3v) is 6.31. The minimum absolute atomic E-state index is 0.0227. The Bertz CT molecular complexity index is 456. The van der Waals surface area contributed by atoms with E-state index in [9.17, 15) is 20.1 Å². The first-order chi connectivity index (χ1) is 10.8. The van der Waals surface area contributed by atoms with E-state index in [1.165, 1.54) is 5.57 Å². The zero-order valence-corrected chi connectivity index (χ0v) is 14.8. The molecular formula is C19H32O4. The van der Waals surface area contributed by atoms with Crippen LogP contribution < -0.4 is 0 Å². The molecule has 0 radical (unpaired) electrons. The molecule has 2 aliphatic carbocycles. The second-order valence-electron chi connectivity index (χ2n) is 8.13. The van der Waals surface area contributed by atoms with Gasteiger partial charge < -0.3 is 15.3 Å². The van der Waals surface area contributed by atoms with Gasteiger partial charge in [-0.2, -0.15) is 0 Å². The first kappa shape index (κ1) is 18.5. The highest BCUT2D eigenvalue weighted by Crippen LogP contribution is 2.50. The molecule has 0 saturated heterocycles. The predicted molar refractivity (Wildman–Crippen MR) is 89.8 cm³/mol. The van der Waals surface area contributed by atoms with Gasteiger partial charge in [-0.3, -0.25) is 4.79 Å². The Balaban J connectivity index is 2.35. The van der Waals surface area contributed by atoms with Crippen molar-refractivity contribution in [1.82, 2.24) is 0 Å².